The summed E-state index contributed by atoms with van der Waals surface area (Å²) in [6.07, 6.45) is 0.794. The van der Waals surface area contributed by atoms with Gasteiger partial charge in [0.1, 0.15) is 0 Å². The minimum Gasteiger partial charge on any atom is -0.468 e. The van der Waals surface area contributed by atoms with Crippen LogP contribution in [0.5, 0.6) is 0 Å². The number of carbonyl (C=O) groups excluding carboxylic acids is 3. The van der Waals surface area contributed by atoms with E-state index < -0.39 is 17.9 Å². The average molecular weight is 273 g/mol. The summed E-state index contributed by atoms with van der Waals surface area (Å²) in [5.74, 6) is -0.858. The topological polar surface area (TPSA) is 87.7 Å². The molecule has 0 rings (SSSR count). The zero-order chi connectivity index (χ0) is 14.8. The lowest BCUT2D eigenvalue weighted by Gasteiger charge is -2.19. The highest BCUT2D eigenvalue weighted by Gasteiger charge is 2.16. The first-order valence-corrected chi connectivity index (χ1v) is 6.28. The number of hydrogen-bond donors (Lipinski definition) is 2. The van der Waals surface area contributed by atoms with Crippen LogP contribution in [0.2, 0.25) is 0 Å². The number of carbonyl (C=O) groups is 3. The highest BCUT2D eigenvalue weighted by molar-refractivity contribution is 5.95. The maximum atomic E-state index is 11.6. The van der Waals surface area contributed by atoms with E-state index in [2.05, 4.69) is 15.4 Å². The standard InChI is InChI=1S/C12H23N3O4/c1-5-6-15(8-11(17)19-4)7-10(16)14-12(18)13-9(2)3/h9H,5-8H2,1-4H3,(H2,13,14,16,18). The molecule has 0 radical (unpaired) electrons. The van der Waals surface area contributed by atoms with Gasteiger partial charge in [0.05, 0.1) is 20.2 Å². The minimum absolute atomic E-state index is 0.0194. The first kappa shape index (κ1) is 17.4. The van der Waals surface area contributed by atoms with Crippen LogP contribution in [0.3, 0.4) is 0 Å². The lowest BCUT2D eigenvalue weighted by atomic mass is 10.3. The van der Waals surface area contributed by atoms with E-state index in [4.69, 9.17) is 0 Å². The van der Waals surface area contributed by atoms with Crippen molar-refractivity contribution >= 4 is 17.9 Å². The van der Waals surface area contributed by atoms with Crippen molar-refractivity contribution in [3.8, 4) is 0 Å². The molecule has 0 aromatic heterocycles. The number of esters is 1. The van der Waals surface area contributed by atoms with Crippen molar-refractivity contribution in [2.45, 2.75) is 33.2 Å². The fraction of sp³-hybridized carbons (Fsp3) is 0.750. The third-order valence-corrected chi connectivity index (χ3v) is 2.16. The Bertz CT molecular complexity index is 318. The molecule has 0 heterocycles. The maximum Gasteiger partial charge on any atom is 0.321 e. The monoisotopic (exact) mass is 273 g/mol. The van der Waals surface area contributed by atoms with Gasteiger partial charge in [-0.2, -0.15) is 0 Å². The Labute approximate surface area is 113 Å². The number of ether oxygens (including phenoxy) is 1. The normalized spacial score (nSPS) is 10.4. The highest BCUT2D eigenvalue weighted by Crippen LogP contribution is 1.92. The number of nitrogens with one attached hydrogen (secondary N) is 2. The molecule has 0 aliphatic rings. The molecular formula is C12H23N3O4. The van der Waals surface area contributed by atoms with Crippen LogP contribution in [0.4, 0.5) is 4.79 Å². The molecule has 0 fully saturated rings. The molecule has 110 valence electrons. The molecule has 0 aliphatic heterocycles. The van der Waals surface area contributed by atoms with Crippen molar-refractivity contribution in [3.05, 3.63) is 0 Å². The SMILES string of the molecule is CCCN(CC(=O)NC(=O)NC(C)C)CC(=O)OC. The van der Waals surface area contributed by atoms with Crippen LogP contribution in [0, 0.1) is 0 Å². The van der Waals surface area contributed by atoms with Crippen LogP contribution < -0.4 is 10.6 Å². The summed E-state index contributed by atoms with van der Waals surface area (Å²) in [4.78, 5) is 35.8. The molecule has 7 heteroatoms. The molecule has 7 nitrogen and oxygen atoms in total. The second kappa shape index (κ2) is 9.32. The van der Waals surface area contributed by atoms with E-state index in [1.54, 1.807) is 18.7 Å². The number of nitrogens with zero attached hydrogens (tertiary/aromatic N) is 1. The number of imide groups is 1. The van der Waals surface area contributed by atoms with Crippen molar-refractivity contribution in [1.29, 1.82) is 0 Å². The summed E-state index contributed by atoms with van der Waals surface area (Å²) in [5.41, 5.74) is 0. The first-order chi connectivity index (χ1) is 8.88. The second-order valence-electron chi connectivity index (χ2n) is 4.46. The van der Waals surface area contributed by atoms with Gasteiger partial charge in [0, 0.05) is 6.04 Å². The van der Waals surface area contributed by atoms with E-state index in [0.717, 1.165) is 6.42 Å². The van der Waals surface area contributed by atoms with Gasteiger partial charge in [0.15, 0.2) is 0 Å². The Hall–Kier alpha value is -1.63. The molecule has 0 spiro atoms. The van der Waals surface area contributed by atoms with Crippen LogP contribution >= 0.6 is 0 Å². The Morgan fingerprint density at radius 3 is 2.32 bits per heavy atom. The van der Waals surface area contributed by atoms with Gasteiger partial charge in [-0.05, 0) is 26.8 Å². The molecule has 0 unspecified atom stereocenters. The minimum atomic E-state index is -0.533. The Morgan fingerprint density at radius 2 is 1.84 bits per heavy atom. The van der Waals surface area contributed by atoms with E-state index in [-0.39, 0.29) is 19.1 Å². The third kappa shape index (κ3) is 9.01. The van der Waals surface area contributed by atoms with Crippen LogP contribution in [0.15, 0.2) is 0 Å². The molecule has 0 saturated carbocycles. The van der Waals surface area contributed by atoms with Crippen molar-refractivity contribution in [2.75, 3.05) is 26.7 Å². The third-order valence-electron chi connectivity index (χ3n) is 2.16. The zero-order valence-electron chi connectivity index (χ0n) is 12.0. The number of amides is 3. The molecule has 0 aromatic carbocycles. The lowest BCUT2D eigenvalue weighted by Crippen LogP contribution is -2.47. The predicted molar refractivity (Wildman–Crippen MR) is 70.6 cm³/mol. The van der Waals surface area contributed by atoms with Crippen molar-refractivity contribution in [2.24, 2.45) is 0 Å². The smallest absolute Gasteiger partial charge is 0.321 e. The Morgan fingerprint density at radius 1 is 1.21 bits per heavy atom. The van der Waals surface area contributed by atoms with Crippen molar-refractivity contribution < 1.29 is 19.1 Å². The Kier molecular flexibility index (Phi) is 8.52. The zero-order valence-corrected chi connectivity index (χ0v) is 12.0. The van der Waals surface area contributed by atoms with Crippen molar-refractivity contribution in [1.82, 2.24) is 15.5 Å². The van der Waals surface area contributed by atoms with Crippen LogP contribution in [0.1, 0.15) is 27.2 Å². The van der Waals surface area contributed by atoms with Crippen LogP contribution in [0.25, 0.3) is 0 Å². The molecule has 0 saturated heterocycles. The van der Waals surface area contributed by atoms with Crippen molar-refractivity contribution in [3.63, 3.8) is 0 Å². The molecule has 0 aliphatic carbocycles. The highest BCUT2D eigenvalue weighted by atomic mass is 16.5. The number of rotatable bonds is 7. The van der Waals surface area contributed by atoms with Gasteiger partial charge < -0.3 is 10.1 Å². The van der Waals surface area contributed by atoms with Gasteiger partial charge in [-0.3, -0.25) is 19.8 Å². The van der Waals surface area contributed by atoms with Gasteiger partial charge in [0.2, 0.25) is 5.91 Å². The summed E-state index contributed by atoms with van der Waals surface area (Å²) in [7, 11) is 1.29. The van der Waals surface area contributed by atoms with E-state index in [9.17, 15) is 14.4 Å². The van der Waals surface area contributed by atoms with Gasteiger partial charge in [0.25, 0.3) is 0 Å². The molecule has 0 aromatic rings. The summed E-state index contributed by atoms with van der Waals surface area (Å²) in [5, 5.41) is 4.76. The molecule has 0 atom stereocenters. The Balaban J connectivity index is 4.23. The van der Waals surface area contributed by atoms with Gasteiger partial charge in [-0.1, -0.05) is 6.92 Å². The van der Waals surface area contributed by atoms with Crippen LogP contribution in [-0.2, 0) is 14.3 Å². The molecule has 2 N–H and O–H groups in total. The molecule has 3 amide bonds. The maximum absolute atomic E-state index is 11.6. The van der Waals surface area contributed by atoms with E-state index >= 15 is 0 Å². The second-order valence-corrected chi connectivity index (χ2v) is 4.46. The average Bonchev–Trinajstić information content (AvgIpc) is 2.27. The van der Waals surface area contributed by atoms with Gasteiger partial charge in [-0.25, -0.2) is 4.79 Å². The summed E-state index contributed by atoms with van der Waals surface area (Å²) < 4.78 is 4.55. The summed E-state index contributed by atoms with van der Waals surface area (Å²) >= 11 is 0. The largest absolute Gasteiger partial charge is 0.468 e. The van der Waals surface area contributed by atoms with E-state index in [0.29, 0.717) is 6.54 Å². The van der Waals surface area contributed by atoms with Crippen LogP contribution in [-0.4, -0.2) is 55.6 Å². The molecule has 19 heavy (non-hydrogen) atoms. The summed E-state index contributed by atoms with van der Waals surface area (Å²) in [6.45, 7) is 6.12. The fourth-order valence-electron chi connectivity index (χ4n) is 1.44. The van der Waals surface area contributed by atoms with E-state index in [1.807, 2.05) is 6.92 Å². The fourth-order valence-corrected chi connectivity index (χ4v) is 1.44. The predicted octanol–water partition coefficient (Wildman–Crippen LogP) is 0.106. The number of hydrogen-bond acceptors (Lipinski definition) is 5. The number of methoxy groups -OCH3 is 1. The van der Waals surface area contributed by atoms with Gasteiger partial charge >= 0.3 is 12.0 Å². The number of urea groups is 1. The first-order valence-electron chi connectivity index (χ1n) is 6.28. The molecule has 0 bridgehead atoms. The van der Waals surface area contributed by atoms with Gasteiger partial charge in [-0.15, -0.1) is 0 Å². The quantitative estimate of drug-likeness (QED) is 0.643. The summed E-state index contributed by atoms with van der Waals surface area (Å²) in [6, 6.07) is -0.580. The van der Waals surface area contributed by atoms with E-state index in [1.165, 1.54) is 7.11 Å². The lowest BCUT2D eigenvalue weighted by molar-refractivity contribution is -0.142. The molecular weight excluding hydrogens is 250 g/mol.